The zero-order valence-electron chi connectivity index (χ0n) is 7.94. The first-order valence-corrected chi connectivity index (χ1v) is 5.02. The van der Waals surface area contributed by atoms with Crippen LogP contribution in [0.3, 0.4) is 0 Å². The fraction of sp³-hybridized carbons (Fsp3) is 0.200. The minimum atomic E-state index is -1.04. The van der Waals surface area contributed by atoms with Crippen LogP contribution in [0.25, 0.3) is 0 Å². The van der Waals surface area contributed by atoms with Gasteiger partial charge in [0.1, 0.15) is 4.88 Å². The zero-order chi connectivity index (χ0) is 11.3. The Labute approximate surface area is 90.5 Å². The molecule has 0 aliphatic rings. The van der Waals surface area contributed by atoms with E-state index in [0.29, 0.717) is 5.56 Å². The van der Waals surface area contributed by atoms with Gasteiger partial charge in [0.25, 0.3) is 0 Å². The molecule has 78 valence electrons. The lowest BCUT2D eigenvalue weighted by Gasteiger charge is -1.91. The smallest absolute Gasteiger partial charge is 0.384 e. The Morgan fingerprint density at radius 3 is 2.93 bits per heavy atom. The third kappa shape index (κ3) is 3.11. The largest absolute Gasteiger partial charge is 0.477 e. The highest BCUT2D eigenvalue weighted by Gasteiger charge is 2.09. The van der Waals surface area contributed by atoms with E-state index in [0.717, 1.165) is 11.3 Å². The normalized spacial score (nSPS) is 8.87. The molecule has 5 heteroatoms. The zero-order valence-corrected chi connectivity index (χ0v) is 8.76. The number of hydrogen-bond acceptors (Lipinski definition) is 4. The van der Waals surface area contributed by atoms with Crippen molar-refractivity contribution in [3.05, 3.63) is 21.9 Å². The summed E-state index contributed by atoms with van der Waals surface area (Å²) in [6, 6.07) is 1.56. The van der Waals surface area contributed by atoms with Crippen molar-refractivity contribution in [2.24, 2.45) is 0 Å². The Hall–Kier alpha value is -1.80. The van der Waals surface area contributed by atoms with Crippen molar-refractivity contribution < 1.29 is 19.4 Å². The van der Waals surface area contributed by atoms with Crippen molar-refractivity contribution in [1.82, 2.24) is 0 Å². The van der Waals surface area contributed by atoms with E-state index in [9.17, 15) is 9.59 Å². The second-order valence-electron chi connectivity index (χ2n) is 2.44. The molecule has 1 rings (SSSR count). The second-order valence-corrected chi connectivity index (χ2v) is 3.36. The molecule has 0 unspecified atom stereocenters. The summed E-state index contributed by atoms with van der Waals surface area (Å²) in [5, 5.41) is 10.4. The van der Waals surface area contributed by atoms with Crippen molar-refractivity contribution in [2.75, 3.05) is 6.61 Å². The third-order valence-electron chi connectivity index (χ3n) is 1.43. The van der Waals surface area contributed by atoms with Gasteiger partial charge in [-0.3, -0.25) is 0 Å². The quantitative estimate of drug-likeness (QED) is 0.608. The first kappa shape index (κ1) is 11.3. The molecular formula is C10H8O4S. The van der Waals surface area contributed by atoms with Crippen molar-refractivity contribution in [3.63, 3.8) is 0 Å². The molecule has 0 atom stereocenters. The van der Waals surface area contributed by atoms with Gasteiger partial charge in [-0.1, -0.05) is 5.92 Å². The van der Waals surface area contributed by atoms with Gasteiger partial charge in [-0.05, 0) is 18.4 Å². The monoisotopic (exact) mass is 224 g/mol. The van der Waals surface area contributed by atoms with E-state index < -0.39 is 11.9 Å². The molecule has 0 amide bonds. The van der Waals surface area contributed by atoms with Crippen LogP contribution in [0.15, 0.2) is 11.4 Å². The topological polar surface area (TPSA) is 63.6 Å². The molecule has 0 aromatic carbocycles. The van der Waals surface area contributed by atoms with Gasteiger partial charge in [-0.15, -0.1) is 11.3 Å². The maximum absolute atomic E-state index is 10.9. The van der Waals surface area contributed by atoms with Crippen LogP contribution in [0.4, 0.5) is 0 Å². The van der Waals surface area contributed by atoms with Gasteiger partial charge in [-0.25, -0.2) is 9.59 Å². The van der Waals surface area contributed by atoms with E-state index >= 15 is 0 Å². The fourth-order valence-electron chi connectivity index (χ4n) is 0.859. The Bertz CT molecular complexity index is 436. The Kier molecular flexibility index (Phi) is 3.89. The minimum Gasteiger partial charge on any atom is -0.477 e. The highest BCUT2D eigenvalue weighted by Crippen LogP contribution is 2.15. The molecule has 15 heavy (non-hydrogen) atoms. The first-order valence-electron chi connectivity index (χ1n) is 4.14. The number of rotatable bonds is 2. The van der Waals surface area contributed by atoms with Crippen LogP contribution in [-0.2, 0) is 9.53 Å². The van der Waals surface area contributed by atoms with Gasteiger partial charge >= 0.3 is 11.9 Å². The van der Waals surface area contributed by atoms with Crippen LogP contribution in [-0.4, -0.2) is 23.7 Å². The summed E-state index contributed by atoms with van der Waals surface area (Å²) in [4.78, 5) is 21.7. The first-order chi connectivity index (χ1) is 7.15. The third-order valence-corrected chi connectivity index (χ3v) is 2.34. The molecule has 1 N–H and O–H groups in total. The Morgan fingerprint density at radius 1 is 1.60 bits per heavy atom. The lowest BCUT2D eigenvalue weighted by atomic mass is 10.2. The van der Waals surface area contributed by atoms with E-state index in [1.807, 2.05) is 0 Å². The number of aromatic carboxylic acids is 1. The molecule has 0 spiro atoms. The molecule has 1 aromatic heterocycles. The molecule has 0 fully saturated rings. The van der Waals surface area contributed by atoms with Crippen LogP contribution in [0.1, 0.15) is 22.2 Å². The Balaban J connectivity index is 2.84. The number of esters is 1. The van der Waals surface area contributed by atoms with Crippen molar-refractivity contribution >= 4 is 23.3 Å². The number of carboxylic acids is 1. The van der Waals surface area contributed by atoms with Gasteiger partial charge in [0.05, 0.1) is 12.2 Å². The summed E-state index contributed by atoms with van der Waals surface area (Å²) >= 11 is 1.07. The molecule has 0 radical (unpaired) electrons. The van der Waals surface area contributed by atoms with E-state index in [1.54, 1.807) is 18.4 Å². The Morgan fingerprint density at radius 2 is 2.33 bits per heavy atom. The molecule has 0 aliphatic heterocycles. The van der Waals surface area contributed by atoms with Gasteiger partial charge in [0.2, 0.25) is 0 Å². The summed E-state index contributed by atoms with van der Waals surface area (Å²) in [5.41, 5.74) is 0.334. The predicted molar refractivity (Wildman–Crippen MR) is 54.8 cm³/mol. The lowest BCUT2D eigenvalue weighted by Crippen LogP contribution is -2.00. The summed E-state index contributed by atoms with van der Waals surface area (Å²) in [7, 11) is 0. The summed E-state index contributed by atoms with van der Waals surface area (Å²) in [5.74, 6) is 2.98. The van der Waals surface area contributed by atoms with Crippen molar-refractivity contribution in [2.45, 2.75) is 6.92 Å². The standard InChI is InChI=1S/C10H8O4S/c1-2-14-8(11)4-3-7-5-6-15-9(7)10(12)13/h5-6H,2H2,1H3,(H,12,13). The average molecular weight is 224 g/mol. The molecule has 0 bridgehead atoms. The molecular weight excluding hydrogens is 216 g/mol. The summed E-state index contributed by atoms with van der Waals surface area (Å²) < 4.78 is 4.58. The van der Waals surface area contributed by atoms with E-state index in [1.165, 1.54) is 0 Å². The predicted octanol–water partition coefficient (Wildman–Crippen LogP) is 1.36. The molecule has 0 saturated heterocycles. The number of ether oxygens (including phenoxy) is 1. The molecule has 1 heterocycles. The molecule has 0 aliphatic carbocycles. The van der Waals surface area contributed by atoms with Crippen LogP contribution >= 0.6 is 11.3 Å². The van der Waals surface area contributed by atoms with Gasteiger partial charge < -0.3 is 9.84 Å². The highest BCUT2D eigenvalue weighted by atomic mass is 32.1. The minimum absolute atomic E-state index is 0.131. The number of thiophene rings is 1. The van der Waals surface area contributed by atoms with Crippen molar-refractivity contribution in [1.29, 1.82) is 0 Å². The maximum atomic E-state index is 10.9. The maximum Gasteiger partial charge on any atom is 0.384 e. The van der Waals surface area contributed by atoms with Gasteiger partial charge in [0, 0.05) is 5.92 Å². The summed E-state index contributed by atoms with van der Waals surface area (Å²) in [6.07, 6.45) is 0. The lowest BCUT2D eigenvalue weighted by molar-refractivity contribution is -0.136. The number of carbonyl (C=O) groups excluding carboxylic acids is 1. The number of carboxylic acid groups (broad SMARTS) is 1. The van der Waals surface area contributed by atoms with Crippen LogP contribution in [0, 0.1) is 11.8 Å². The van der Waals surface area contributed by atoms with Crippen LogP contribution < -0.4 is 0 Å². The SMILES string of the molecule is CCOC(=O)C#Cc1ccsc1C(=O)O. The summed E-state index contributed by atoms with van der Waals surface area (Å²) in [6.45, 7) is 1.93. The van der Waals surface area contributed by atoms with E-state index in [4.69, 9.17) is 5.11 Å². The number of hydrogen-bond donors (Lipinski definition) is 1. The van der Waals surface area contributed by atoms with Crippen LogP contribution in [0.5, 0.6) is 0 Å². The fourth-order valence-corrected chi connectivity index (χ4v) is 1.55. The van der Waals surface area contributed by atoms with Gasteiger partial charge in [-0.2, -0.15) is 0 Å². The van der Waals surface area contributed by atoms with Gasteiger partial charge in [0.15, 0.2) is 0 Å². The molecule has 0 saturated carbocycles. The molecule has 1 aromatic rings. The molecule has 4 nitrogen and oxygen atoms in total. The second kappa shape index (κ2) is 5.17. The van der Waals surface area contributed by atoms with Crippen molar-refractivity contribution in [3.8, 4) is 11.8 Å². The van der Waals surface area contributed by atoms with Crippen LogP contribution in [0.2, 0.25) is 0 Å². The number of carbonyl (C=O) groups is 2. The van der Waals surface area contributed by atoms with E-state index in [-0.39, 0.29) is 11.5 Å². The van der Waals surface area contributed by atoms with E-state index in [2.05, 4.69) is 16.6 Å². The highest BCUT2D eigenvalue weighted by molar-refractivity contribution is 7.12. The average Bonchev–Trinajstić information content (AvgIpc) is 2.63.